The van der Waals surface area contributed by atoms with Gasteiger partial charge in [-0.2, -0.15) is 4.31 Å². The zero-order chi connectivity index (χ0) is 23.7. The molecule has 3 fully saturated rings. The van der Waals surface area contributed by atoms with Crippen molar-refractivity contribution in [2.45, 2.75) is 69.0 Å². The number of amides is 1. The second kappa shape index (κ2) is 9.44. The molecular weight excluding hydrogens is 457 g/mol. The summed E-state index contributed by atoms with van der Waals surface area (Å²) in [6.45, 7) is 1.90. The maximum Gasteiger partial charge on any atom is 0.573 e. The molecule has 3 aliphatic rings. The molecule has 0 N–H and O–H groups in total. The summed E-state index contributed by atoms with van der Waals surface area (Å²) in [4.78, 5) is 14.8. The zero-order valence-electron chi connectivity index (χ0n) is 18.6. The molecule has 1 aliphatic carbocycles. The summed E-state index contributed by atoms with van der Waals surface area (Å²) in [6.07, 6.45) is 4.46. The second-order valence-corrected chi connectivity index (χ2v) is 11.5. The van der Waals surface area contributed by atoms with Crippen LogP contribution in [0.1, 0.15) is 57.8 Å². The van der Waals surface area contributed by atoms with E-state index in [1.807, 2.05) is 4.90 Å². The van der Waals surface area contributed by atoms with Gasteiger partial charge in [-0.3, -0.25) is 4.79 Å². The Bertz CT molecular complexity index is 943. The Labute approximate surface area is 193 Å². The molecule has 1 saturated carbocycles. The molecule has 0 aromatic heterocycles. The van der Waals surface area contributed by atoms with Crippen molar-refractivity contribution in [1.82, 2.24) is 9.21 Å². The number of benzene rings is 1. The average Bonchev–Trinajstić information content (AvgIpc) is 2.79. The molecule has 1 amide bonds. The standard InChI is InChI=1S/C23H31F3N2O4S/c24-23(25,26)32-19-5-4-6-20(17-19)33(30,31)28-13-7-18(8-14-28)21(29)27-15-11-22(12-16-27)9-2-1-3-10-22/h4-6,17-18H,1-3,7-16H2. The highest BCUT2D eigenvalue weighted by molar-refractivity contribution is 7.89. The number of halogens is 3. The molecule has 2 aliphatic heterocycles. The van der Waals surface area contributed by atoms with Crippen LogP contribution in [0.5, 0.6) is 5.75 Å². The Balaban J connectivity index is 1.33. The van der Waals surface area contributed by atoms with Crippen LogP contribution >= 0.6 is 0 Å². The van der Waals surface area contributed by atoms with Crippen LogP contribution < -0.4 is 4.74 Å². The van der Waals surface area contributed by atoms with Crippen molar-refractivity contribution in [3.05, 3.63) is 24.3 Å². The van der Waals surface area contributed by atoms with Crippen LogP contribution in [0.25, 0.3) is 0 Å². The number of hydrogen-bond donors (Lipinski definition) is 0. The number of piperidine rings is 2. The van der Waals surface area contributed by atoms with Gasteiger partial charge in [0, 0.05) is 38.2 Å². The molecule has 6 nitrogen and oxygen atoms in total. The van der Waals surface area contributed by atoms with Crippen LogP contribution in [-0.2, 0) is 14.8 Å². The topological polar surface area (TPSA) is 66.9 Å². The Morgan fingerprint density at radius 2 is 1.61 bits per heavy atom. The summed E-state index contributed by atoms with van der Waals surface area (Å²) in [5.41, 5.74) is 0.414. The van der Waals surface area contributed by atoms with Crippen molar-refractivity contribution in [1.29, 1.82) is 0 Å². The molecule has 4 rings (SSSR count). The van der Waals surface area contributed by atoms with Crippen LogP contribution in [0.3, 0.4) is 0 Å². The molecule has 0 atom stereocenters. The molecule has 0 unspecified atom stereocenters. The largest absolute Gasteiger partial charge is 0.573 e. The first-order valence-electron chi connectivity index (χ1n) is 11.7. The SMILES string of the molecule is O=C(C1CCN(S(=O)(=O)c2cccc(OC(F)(F)F)c2)CC1)N1CCC2(CCCCC2)CC1. The first kappa shape index (κ1) is 24.3. The molecule has 184 valence electrons. The Morgan fingerprint density at radius 3 is 2.21 bits per heavy atom. The van der Waals surface area contributed by atoms with E-state index < -0.39 is 22.1 Å². The molecule has 10 heteroatoms. The number of hydrogen-bond acceptors (Lipinski definition) is 4. The van der Waals surface area contributed by atoms with Gasteiger partial charge in [-0.05, 0) is 56.1 Å². The average molecular weight is 489 g/mol. The number of carbonyl (C=O) groups excluding carboxylic acids is 1. The smallest absolute Gasteiger partial charge is 0.406 e. The van der Waals surface area contributed by atoms with Crippen LogP contribution in [-0.4, -0.2) is 56.1 Å². The van der Waals surface area contributed by atoms with Crippen molar-refractivity contribution in [3.8, 4) is 5.75 Å². The van der Waals surface area contributed by atoms with E-state index in [0.717, 1.165) is 38.1 Å². The first-order chi connectivity index (χ1) is 15.6. The molecule has 0 bridgehead atoms. The lowest BCUT2D eigenvalue weighted by atomic mass is 9.68. The van der Waals surface area contributed by atoms with E-state index in [1.54, 1.807) is 0 Å². The maximum atomic E-state index is 13.1. The second-order valence-electron chi connectivity index (χ2n) is 9.59. The third-order valence-electron chi connectivity index (χ3n) is 7.53. The van der Waals surface area contributed by atoms with Gasteiger partial charge >= 0.3 is 6.36 Å². The molecule has 0 radical (unpaired) electrons. The maximum absolute atomic E-state index is 13.1. The van der Waals surface area contributed by atoms with E-state index in [0.29, 0.717) is 18.3 Å². The summed E-state index contributed by atoms with van der Waals surface area (Å²) in [5.74, 6) is -0.676. The number of likely N-dealkylation sites (tertiary alicyclic amines) is 1. The molecule has 1 aromatic rings. The van der Waals surface area contributed by atoms with Crippen LogP contribution in [0.4, 0.5) is 13.2 Å². The normalized spacial score (nSPS) is 22.9. The number of alkyl halides is 3. The van der Waals surface area contributed by atoms with Gasteiger partial charge in [-0.25, -0.2) is 8.42 Å². The van der Waals surface area contributed by atoms with Gasteiger partial charge in [-0.15, -0.1) is 13.2 Å². The van der Waals surface area contributed by atoms with Crippen LogP contribution in [0.15, 0.2) is 29.2 Å². The number of nitrogens with zero attached hydrogens (tertiary/aromatic N) is 2. The molecular formula is C23H31F3N2O4S. The fraction of sp³-hybridized carbons (Fsp3) is 0.696. The van der Waals surface area contributed by atoms with Gasteiger partial charge in [-0.1, -0.05) is 25.3 Å². The van der Waals surface area contributed by atoms with Gasteiger partial charge in [0.1, 0.15) is 5.75 Å². The lowest BCUT2D eigenvalue weighted by Gasteiger charge is -2.45. The van der Waals surface area contributed by atoms with Gasteiger partial charge < -0.3 is 9.64 Å². The van der Waals surface area contributed by atoms with Crippen LogP contribution in [0, 0.1) is 11.3 Å². The van der Waals surface area contributed by atoms with E-state index >= 15 is 0 Å². The highest BCUT2D eigenvalue weighted by Crippen LogP contribution is 2.44. The summed E-state index contributed by atoms with van der Waals surface area (Å²) >= 11 is 0. The first-order valence-corrected chi connectivity index (χ1v) is 13.2. The van der Waals surface area contributed by atoms with E-state index in [-0.39, 0.29) is 29.8 Å². The third kappa shape index (κ3) is 5.65. The quantitative estimate of drug-likeness (QED) is 0.623. The van der Waals surface area contributed by atoms with Gasteiger partial charge in [0.05, 0.1) is 4.90 Å². The number of ether oxygens (including phenoxy) is 1. The van der Waals surface area contributed by atoms with E-state index in [2.05, 4.69) is 4.74 Å². The minimum absolute atomic E-state index is 0.110. The summed E-state index contributed by atoms with van der Waals surface area (Å²) in [6, 6.07) is 4.42. The lowest BCUT2D eigenvalue weighted by Crippen LogP contribution is -2.48. The number of rotatable bonds is 4. The monoisotopic (exact) mass is 488 g/mol. The van der Waals surface area contributed by atoms with Crippen molar-refractivity contribution in [2.75, 3.05) is 26.2 Å². The predicted molar refractivity (Wildman–Crippen MR) is 116 cm³/mol. The fourth-order valence-electron chi connectivity index (χ4n) is 5.59. The Kier molecular flexibility index (Phi) is 6.96. The van der Waals surface area contributed by atoms with Crippen LogP contribution in [0.2, 0.25) is 0 Å². The van der Waals surface area contributed by atoms with Crippen molar-refractivity contribution >= 4 is 15.9 Å². The summed E-state index contributed by atoms with van der Waals surface area (Å²) in [7, 11) is -3.97. The van der Waals surface area contributed by atoms with E-state index in [9.17, 15) is 26.4 Å². The highest BCUT2D eigenvalue weighted by atomic mass is 32.2. The number of sulfonamides is 1. The minimum Gasteiger partial charge on any atom is -0.406 e. The van der Waals surface area contributed by atoms with Crippen molar-refractivity contribution in [3.63, 3.8) is 0 Å². The molecule has 2 heterocycles. The summed E-state index contributed by atoms with van der Waals surface area (Å²) in [5, 5.41) is 0. The van der Waals surface area contributed by atoms with Crippen molar-refractivity contribution < 1.29 is 31.1 Å². The van der Waals surface area contributed by atoms with Crippen molar-refractivity contribution in [2.24, 2.45) is 11.3 Å². The Morgan fingerprint density at radius 1 is 0.970 bits per heavy atom. The predicted octanol–water partition coefficient (Wildman–Crippen LogP) is 4.56. The zero-order valence-corrected chi connectivity index (χ0v) is 19.5. The van der Waals surface area contributed by atoms with E-state index in [4.69, 9.17) is 0 Å². The molecule has 1 spiro atoms. The highest BCUT2D eigenvalue weighted by Gasteiger charge is 2.39. The lowest BCUT2D eigenvalue weighted by molar-refractivity contribution is -0.274. The minimum atomic E-state index is -4.90. The fourth-order valence-corrected chi connectivity index (χ4v) is 7.09. The molecule has 33 heavy (non-hydrogen) atoms. The van der Waals surface area contributed by atoms with Gasteiger partial charge in [0.2, 0.25) is 15.9 Å². The van der Waals surface area contributed by atoms with Gasteiger partial charge in [0.25, 0.3) is 0 Å². The van der Waals surface area contributed by atoms with E-state index in [1.165, 1.54) is 48.5 Å². The summed E-state index contributed by atoms with van der Waals surface area (Å²) < 4.78 is 68.4. The molecule has 2 saturated heterocycles. The van der Waals surface area contributed by atoms with Gasteiger partial charge in [0.15, 0.2) is 0 Å². The molecule has 1 aromatic carbocycles. The number of carbonyl (C=O) groups is 1. The third-order valence-corrected chi connectivity index (χ3v) is 9.42. The Hall–Kier alpha value is -1.81.